The quantitative estimate of drug-likeness (QED) is 0.792. The van der Waals surface area contributed by atoms with Crippen molar-refractivity contribution in [2.75, 3.05) is 0 Å². The van der Waals surface area contributed by atoms with Crippen molar-refractivity contribution in [3.63, 3.8) is 0 Å². The SMILES string of the molecule is O=C1OC(O)C(c2cc3ccccc3[nH]2)=C1Br. The standard InChI is InChI=1S/C12H8BrNO3/c13-10-9(11(15)17-12(10)16)8-5-6-3-1-2-4-7(6)14-8/h1-5,11,14-15H. The maximum Gasteiger partial charge on any atom is 0.348 e. The Balaban J connectivity index is 2.19. The van der Waals surface area contributed by atoms with E-state index in [1.165, 1.54) is 0 Å². The molecule has 0 fully saturated rings. The number of carbonyl (C=O) groups is 1. The van der Waals surface area contributed by atoms with Crippen LogP contribution in [0.1, 0.15) is 5.69 Å². The van der Waals surface area contributed by atoms with Crippen LogP contribution in [-0.2, 0) is 9.53 Å². The minimum Gasteiger partial charge on any atom is -0.427 e. The Labute approximate surface area is 105 Å². The first-order chi connectivity index (χ1) is 8.16. The van der Waals surface area contributed by atoms with Crippen molar-refractivity contribution in [2.45, 2.75) is 6.29 Å². The van der Waals surface area contributed by atoms with Crippen molar-refractivity contribution in [1.29, 1.82) is 0 Å². The number of hydrogen-bond acceptors (Lipinski definition) is 3. The van der Waals surface area contributed by atoms with Gasteiger partial charge in [-0.2, -0.15) is 0 Å². The third-order valence-corrected chi connectivity index (χ3v) is 3.45. The lowest BCUT2D eigenvalue weighted by Gasteiger charge is -2.04. The number of hydrogen-bond donors (Lipinski definition) is 2. The van der Waals surface area contributed by atoms with E-state index in [0.29, 0.717) is 11.3 Å². The zero-order valence-corrected chi connectivity index (χ0v) is 10.2. The Morgan fingerprint density at radius 2 is 2.12 bits per heavy atom. The summed E-state index contributed by atoms with van der Waals surface area (Å²) in [5.74, 6) is -0.550. The molecule has 0 saturated carbocycles. The zero-order chi connectivity index (χ0) is 12.0. The topological polar surface area (TPSA) is 62.3 Å². The summed E-state index contributed by atoms with van der Waals surface area (Å²) in [7, 11) is 0. The molecule has 2 aromatic rings. The molecule has 1 atom stereocenters. The molecule has 0 bridgehead atoms. The van der Waals surface area contributed by atoms with Gasteiger partial charge in [-0.3, -0.25) is 0 Å². The second-order valence-electron chi connectivity index (χ2n) is 3.76. The van der Waals surface area contributed by atoms with E-state index in [9.17, 15) is 9.90 Å². The van der Waals surface area contributed by atoms with Crippen LogP contribution in [0.4, 0.5) is 0 Å². The number of H-pyrrole nitrogens is 1. The van der Waals surface area contributed by atoms with Crippen LogP contribution in [0, 0.1) is 0 Å². The summed E-state index contributed by atoms with van der Waals surface area (Å²) in [6.07, 6.45) is -1.22. The van der Waals surface area contributed by atoms with Crippen molar-refractivity contribution in [2.24, 2.45) is 0 Å². The number of aromatic nitrogens is 1. The molecular formula is C12H8BrNO3. The number of aliphatic hydroxyl groups is 1. The van der Waals surface area contributed by atoms with E-state index >= 15 is 0 Å². The number of aliphatic hydroxyl groups excluding tert-OH is 1. The Morgan fingerprint density at radius 3 is 2.76 bits per heavy atom. The minimum absolute atomic E-state index is 0.261. The van der Waals surface area contributed by atoms with Crippen LogP contribution in [0.3, 0.4) is 0 Å². The molecule has 2 heterocycles. The Morgan fingerprint density at radius 1 is 1.35 bits per heavy atom. The largest absolute Gasteiger partial charge is 0.427 e. The summed E-state index contributed by atoms with van der Waals surface area (Å²) in [4.78, 5) is 14.4. The van der Waals surface area contributed by atoms with Gasteiger partial charge in [0.15, 0.2) is 0 Å². The minimum atomic E-state index is -1.22. The highest BCUT2D eigenvalue weighted by molar-refractivity contribution is 9.12. The molecule has 4 nitrogen and oxygen atoms in total. The van der Waals surface area contributed by atoms with Crippen molar-refractivity contribution in [3.8, 4) is 0 Å². The lowest BCUT2D eigenvalue weighted by molar-refractivity contribution is -0.149. The summed E-state index contributed by atoms with van der Waals surface area (Å²) in [5, 5.41) is 10.7. The van der Waals surface area contributed by atoms with Gasteiger partial charge >= 0.3 is 5.97 Å². The van der Waals surface area contributed by atoms with E-state index in [0.717, 1.165) is 10.9 Å². The first kappa shape index (κ1) is 10.6. The first-order valence-corrected chi connectivity index (χ1v) is 5.83. The first-order valence-electron chi connectivity index (χ1n) is 5.03. The van der Waals surface area contributed by atoms with Crippen LogP contribution in [-0.4, -0.2) is 22.3 Å². The molecule has 5 heteroatoms. The molecule has 0 spiro atoms. The van der Waals surface area contributed by atoms with Gasteiger partial charge in [-0.05, 0) is 33.4 Å². The van der Waals surface area contributed by atoms with Crippen LogP contribution in [0.5, 0.6) is 0 Å². The maximum atomic E-state index is 11.3. The molecular weight excluding hydrogens is 286 g/mol. The van der Waals surface area contributed by atoms with Gasteiger partial charge in [0.25, 0.3) is 0 Å². The monoisotopic (exact) mass is 293 g/mol. The Bertz CT molecular complexity index is 611. The second kappa shape index (κ2) is 3.72. The molecule has 86 valence electrons. The lowest BCUT2D eigenvalue weighted by atomic mass is 10.2. The molecule has 0 aliphatic carbocycles. The third kappa shape index (κ3) is 1.59. The van der Waals surface area contributed by atoms with Gasteiger partial charge in [0.1, 0.15) is 4.48 Å². The maximum absolute atomic E-state index is 11.3. The van der Waals surface area contributed by atoms with Gasteiger partial charge in [0.2, 0.25) is 6.29 Å². The number of benzene rings is 1. The van der Waals surface area contributed by atoms with Crippen molar-refractivity contribution in [1.82, 2.24) is 4.98 Å². The summed E-state index contributed by atoms with van der Waals surface area (Å²) in [6, 6.07) is 9.59. The van der Waals surface area contributed by atoms with Crippen LogP contribution in [0.25, 0.3) is 16.5 Å². The van der Waals surface area contributed by atoms with Crippen molar-refractivity contribution in [3.05, 3.63) is 40.5 Å². The number of esters is 1. The molecule has 2 N–H and O–H groups in total. The van der Waals surface area contributed by atoms with E-state index in [1.807, 2.05) is 30.3 Å². The van der Waals surface area contributed by atoms with Gasteiger partial charge < -0.3 is 14.8 Å². The zero-order valence-electron chi connectivity index (χ0n) is 8.61. The molecule has 17 heavy (non-hydrogen) atoms. The molecule has 1 aromatic carbocycles. The van der Waals surface area contributed by atoms with Crippen LogP contribution in [0.2, 0.25) is 0 Å². The Kier molecular flexibility index (Phi) is 2.31. The fourth-order valence-electron chi connectivity index (χ4n) is 1.90. The number of aromatic amines is 1. The molecule has 1 aliphatic heterocycles. The predicted octanol–water partition coefficient (Wildman–Crippen LogP) is 2.15. The summed E-state index contributed by atoms with van der Waals surface area (Å²) < 4.78 is 4.97. The average Bonchev–Trinajstić information content (AvgIpc) is 2.81. The number of fused-ring (bicyclic) bond motifs is 1. The predicted molar refractivity (Wildman–Crippen MR) is 66.2 cm³/mol. The fraction of sp³-hybridized carbons (Fsp3) is 0.0833. The van der Waals surface area contributed by atoms with Crippen LogP contribution in [0.15, 0.2) is 34.8 Å². The van der Waals surface area contributed by atoms with Crippen molar-refractivity contribution < 1.29 is 14.6 Å². The molecule has 1 unspecified atom stereocenters. The van der Waals surface area contributed by atoms with Crippen molar-refractivity contribution >= 4 is 38.4 Å². The number of nitrogens with one attached hydrogen (secondary N) is 1. The third-order valence-electron chi connectivity index (χ3n) is 2.70. The van der Waals surface area contributed by atoms with Crippen LogP contribution >= 0.6 is 15.9 Å². The lowest BCUT2D eigenvalue weighted by Crippen LogP contribution is -2.09. The van der Waals surface area contributed by atoms with E-state index in [1.54, 1.807) is 0 Å². The van der Waals surface area contributed by atoms with Gasteiger partial charge in [-0.1, -0.05) is 18.2 Å². The molecule has 0 radical (unpaired) electrons. The normalized spacial score (nSPS) is 20.1. The molecule has 3 rings (SSSR count). The number of cyclic esters (lactones) is 1. The van der Waals surface area contributed by atoms with Gasteiger partial charge in [-0.15, -0.1) is 0 Å². The number of ether oxygens (including phenoxy) is 1. The smallest absolute Gasteiger partial charge is 0.348 e. The van der Waals surface area contributed by atoms with E-state index in [4.69, 9.17) is 4.74 Å². The second-order valence-corrected chi connectivity index (χ2v) is 4.55. The highest BCUT2D eigenvalue weighted by Crippen LogP contribution is 2.34. The molecule has 0 saturated heterocycles. The van der Waals surface area contributed by atoms with Gasteiger partial charge in [0.05, 0.1) is 11.3 Å². The number of halogens is 1. The van der Waals surface area contributed by atoms with Crippen LogP contribution < -0.4 is 0 Å². The number of carbonyl (C=O) groups excluding carboxylic acids is 1. The summed E-state index contributed by atoms with van der Waals surface area (Å²) in [5.41, 5.74) is 2.06. The summed E-state index contributed by atoms with van der Waals surface area (Å²) >= 11 is 3.13. The van der Waals surface area contributed by atoms with Gasteiger partial charge in [-0.25, -0.2) is 4.79 Å². The molecule has 1 aliphatic rings. The highest BCUT2D eigenvalue weighted by atomic mass is 79.9. The van der Waals surface area contributed by atoms with E-state index in [2.05, 4.69) is 20.9 Å². The van der Waals surface area contributed by atoms with E-state index in [-0.39, 0.29) is 4.48 Å². The molecule has 0 amide bonds. The number of rotatable bonds is 1. The Hall–Kier alpha value is -1.59. The molecule has 1 aromatic heterocycles. The fourth-order valence-corrected chi connectivity index (χ4v) is 2.40. The number of para-hydroxylation sites is 1. The van der Waals surface area contributed by atoms with Gasteiger partial charge in [0, 0.05) is 5.52 Å². The van der Waals surface area contributed by atoms with E-state index < -0.39 is 12.3 Å². The summed E-state index contributed by atoms with van der Waals surface area (Å²) in [6.45, 7) is 0. The highest BCUT2D eigenvalue weighted by Gasteiger charge is 2.33. The average molecular weight is 294 g/mol.